The molecule has 4 aromatic rings. The van der Waals surface area contributed by atoms with Crippen LogP contribution in [0.15, 0.2) is 41.9 Å². The normalized spacial score (nSPS) is 30.2. The molecule has 72 heavy (non-hydrogen) atoms. The molecule has 12 rings (SSSR count). The quantitative estimate of drug-likeness (QED) is 0.170. The Bertz CT molecular complexity index is 2710. The summed E-state index contributed by atoms with van der Waals surface area (Å²) >= 11 is 1.59. The second-order valence-electron chi connectivity index (χ2n) is 24.1. The highest BCUT2D eigenvalue weighted by Gasteiger charge is 2.57. The van der Waals surface area contributed by atoms with Gasteiger partial charge in [0.1, 0.15) is 17.1 Å². The van der Waals surface area contributed by atoms with Gasteiger partial charge in [-0.05, 0) is 133 Å². The summed E-state index contributed by atoms with van der Waals surface area (Å²) < 4.78 is 14.9. The molecule has 16 heteroatoms. The number of rotatable bonds is 9. The van der Waals surface area contributed by atoms with Crippen LogP contribution in [0.25, 0.3) is 33.4 Å². The predicted molar refractivity (Wildman–Crippen MR) is 279 cm³/mol. The maximum atomic E-state index is 15.5. The van der Waals surface area contributed by atoms with Crippen molar-refractivity contribution in [3.8, 4) is 22.5 Å². The highest BCUT2D eigenvalue weighted by Crippen LogP contribution is 2.50. The summed E-state index contributed by atoms with van der Waals surface area (Å²) in [4.78, 5) is 65.1. The van der Waals surface area contributed by atoms with Crippen LogP contribution >= 0.6 is 11.3 Å². The van der Waals surface area contributed by atoms with Crippen LogP contribution in [0, 0.1) is 23.2 Å². The van der Waals surface area contributed by atoms with E-state index >= 15 is 4.79 Å². The molecule has 15 nitrogen and oxygen atoms in total. The third kappa shape index (κ3) is 8.71. The third-order valence-corrected chi connectivity index (χ3v) is 19.4. The largest absolute Gasteiger partial charge is 0.464 e. The first-order chi connectivity index (χ1) is 34.7. The number of ether oxygens (including phenoxy) is 2. The molecule has 1 spiro atoms. The van der Waals surface area contributed by atoms with Crippen LogP contribution in [0.2, 0.25) is 0 Å². The minimum absolute atomic E-state index is 0.0213. The van der Waals surface area contributed by atoms with Crippen LogP contribution in [0.5, 0.6) is 0 Å². The van der Waals surface area contributed by atoms with Crippen molar-refractivity contribution in [1.29, 1.82) is 0 Å². The Morgan fingerprint density at radius 2 is 1.74 bits per heavy atom. The third-order valence-electron chi connectivity index (χ3n) is 18.5. The number of hydrazine groups is 1. The molecule has 386 valence electrons. The molecule has 5 saturated heterocycles. The first-order valence-corrected chi connectivity index (χ1v) is 28.2. The number of carbonyl (C=O) groups is 3. The number of esters is 1. The first kappa shape index (κ1) is 48.6. The fourth-order valence-electron chi connectivity index (χ4n) is 13.8. The number of hydrogen-bond acceptors (Lipinski definition) is 13. The van der Waals surface area contributed by atoms with Crippen LogP contribution in [-0.2, 0) is 30.3 Å². The number of benzene rings is 1. The molecule has 2 amide bonds. The number of amides is 2. The van der Waals surface area contributed by atoms with E-state index in [1.54, 1.807) is 23.5 Å². The van der Waals surface area contributed by atoms with E-state index in [1.165, 1.54) is 36.8 Å². The van der Waals surface area contributed by atoms with Gasteiger partial charge in [0.2, 0.25) is 5.91 Å². The average molecular weight is 1000 g/mol. The van der Waals surface area contributed by atoms with E-state index < -0.39 is 23.5 Å². The van der Waals surface area contributed by atoms with Crippen molar-refractivity contribution in [2.45, 2.75) is 140 Å². The fraction of sp³-hybridized carbons (Fsp3) is 0.661. The van der Waals surface area contributed by atoms with E-state index in [4.69, 9.17) is 19.4 Å². The number of thiazole rings is 1. The SMILES string of the molecule is CO[C@@H](C)c1ncccc1-c1c2c3cc(ccc3n1C1CN(C3CC3)C1)-c1csc(n1)[C@@H](N1CC3(CCCN3C3CCN(C)CC3)C1)[C@H](NC(=O)C1[C@@H](C)[C@H]1C)C(=O)N1CCC[C@H](N1)C(=O)OCC(C)(C)C2. The Balaban J connectivity index is 0.995. The van der Waals surface area contributed by atoms with Crippen molar-refractivity contribution >= 4 is 40.0 Å². The first-order valence-electron chi connectivity index (χ1n) is 27.3. The molecule has 0 radical (unpaired) electrons. The van der Waals surface area contributed by atoms with Crippen molar-refractivity contribution in [2.24, 2.45) is 23.2 Å². The molecule has 7 atom stereocenters. The Kier molecular flexibility index (Phi) is 12.7. The van der Waals surface area contributed by atoms with Crippen LogP contribution in [0.1, 0.15) is 120 Å². The van der Waals surface area contributed by atoms with Crippen molar-refractivity contribution in [3.05, 3.63) is 58.2 Å². The lowest BCUT2D eigenvalue weighted by Gasteiger charge is -2.58. The lowest BCUT2D eigenvalue weighted by atomic mass is 9.82. The molecule has 1 aromatic carbocycles. The Hall–Kier alpha value is -4.29. The van der Waals surface area contributed by atoms with Gasteiger partial charge in [-0.2, -0.15) is 0 Å². The number of methoxy groups -OCH3 is 1. The van der Waals surface area contributed by atoms with E-state index in [-0.39, 0.29) is 59.8 Å². The topological polar surface area (TPSA) is 141 Å². The zero-order chi connectivity index (χ0) is 49.8. The number of carbonyl (C=O) groups excluding carboxylic acids is 3. The van der Waals surface area contributed by atoms with Crippen molar-refractivity contribution < 1.29 is 23.9 Å². The number of pyridine rings is 1. The molecular formula is C56H76N10O5S. The van der Waals surface area contributed by atoms with Gasteiger partial charge in [0.05, 0.1) is 41.9 Å². The van der Waals surface area contributed by atoms with Crippen LogP contribution in [0.4, 0.5) is 0 Å². The molecule has 2 aliphatic carbocycles. The van der Waals surface area contributed by atoms with Gasteiger partial charge in [-0.3, -0.25) is 39.1 Å². The van der Waals surface area contributed by atoms with Crippen LogP contribution in [0.3, 0.4) is 0 Å². The van der Waals surface area contributed by atoms with Crippen LogP contribution in [-0.4, -0.2) is 160 Å². The van der Waals surface area contributed by atoms with Gasteiger partial charge in [0, 0.05) is 102 Å². The number of hydrogen-bond donors (Lipinski definition) is 2. The molecule has 8 aliphatic rings. The molecule has 2 N–H and O–H groups in total. The summed E-state index contributed by atoms with van der Waals surface area (Å²) in [7, 11) is 3.97. The smallest absolute Gasteiger partial charge is 0.324 e. The van der Waals surface area contributed by atoms with Crippen LogP contribution < -0.4 is 10.7 Å². The molecule has 6 aliphatic heterocycles. The van der Waals surface area contributed by atoms with Gasteiger partial charge in [0.25, 0.3) is 5.91 Å². The van der Waals surface area contributed by atoms with E-state index in [0.29, 0.717) is 37.9 Å². The fourth-order valence-corrected chi connectivity index (χ4v) is 14.8. The number of aromatic nitrogens is 3. The van der Waals surface area contributed by atoms with Crippen molar-refractivity contribution in [3.63, 3.8) is 0 Å². The van der Waals surface area contributed by atoms with Gasteiger partial charge in [-0.1, -0.05) is 33.8 Å². The van der Waals surface area contributed by atoms with E-state index in [0.717, 1.165) is 97.3 Å². The number of nitrogens with one attached hydrogen (secondary N) is 2. The Morgan fingerprint density at radius 3 is 2.47 bits per heavy atom. The number of nitrogens with zero attached hydrogens (tertiary/aromatic N) is 8. The molecule has 6 bridgehead atoms. The maximum absolute atomic E-state index is 15.5. The van der Waals surface area contributed by atoms with E-state index in [9.17, 15) is 9.59 Å². The average Bonchev–Trinajstić information content (AvgIpc) is 4.09. The van der Waals surface area contributed by atoms with E-state index in [1.807, 2.05) is 12.3 Å². The summed E-state index contributed by atoms with van der Waals surface area (Å²) in [6.07, 6.45) is 10.6. The monoisotopic (exact) mass is 1000 g/mol. The lowest BCUT2D eigenvalue weighted by Crippen LogP contribution is -2.72. The number of fused-ring (bicyclic) bond motifs is 6. The summed E-state index contributed by atoms with van der Waals surface area (Å²) in [5.41, 5.74) is 10.2. The van der Waals surface area contributed by atoms with Gasteiger partial charge >= 0.3 is 5.97 Å². The molecule has 1 unspecified atom stereocenters. The highest BCUT2D eigenvalue weighted by atomic mass is 32.1. The lowest BCUT2D eigenvalue weighted by molar-refractivity contribution is -0.157. The molecule has 3 aromatic heterocycles. The predicted octanol–water partition coefficient (Wildman–Crippen LogP) is 6.85. The highest BCUT2D eigenvalue weighted by molar-refractivity contribution is 7.10. The van der Waals surface area contributed by atoms with Crippen molar-refractivity contribution in [1.82, 2.24) is 49.9 Å². The molecule has 9 heterocycles. The summed E-state index contributed by atoms with van der Waals surface area (Å²) in [5, 5.41) is 9.12. The van der Waals surface area contributed by atoms with Gasteiger partial charge in [-0.15, -0.1) is 11.3 Å². The molecular weight excluding hydrogens is 925 g/mol. The summed E-state index contributed by atoms with van der Waals surface area (Å²) in [5.74, 6) is -0.381. The standard InChI is InChI=1S/C56H76N10O5S/c1-33-34(2)46(33)51(67)59-48-50(63-30-56(31-63)19-10-21-64(56)38-17-23-61(6)24-18-38)52-58-44(29-72-52)36-13-16-45-41(25-36)42(26-55(4,5)32-71-54(69)43-12-9-22-65(60-43)53(48)68)49(40-11-8-20-57-47(40)35(3)70-7)66(45)39-27-62(28-39)37-14-15-37/h8,11,13,16,20,25,29,33-35,37-39,43,46,48,50,60H,9-10,12,14-15,17-19,21-24,26-28,30-32H2,1-7H3,(H,59,67)/t33-,34+,35-,43-,46?,48-,50-/m0/s1. The van der Waals surface area contributed by atoms with Gasteiger partial charge in [0.15, 0.2) is 0 Å². The second-order valence-corrected chi connectivity index (χ2v) is 24.9. The van der Waals surface area contributed by atoms with Gasteiger partial charge < -0.3 is 24.3 Å². The minimum Gasteiger partial charge on any atom is -0.464 e. The molecule has 2 saturated carbocycles. The summed E-state index contributed by atoms with van der Waals surface area (Å²) in [6.45, 7) is 18.2. The molecule has 7 fully saturated rings. The van der Waals surface area contributed by atoms with Gasteiger partial charge in [-0.25, -0.2) is 10.4 Å². The Morgan fingerprint density at radius 1 is 0.958 bits per heavy atom. The van der Waals surface area contributed by atoms with E-state index in [2.05, 4.69) is 106 Å². The number of piperidine rings is 1. The second kappa shape index (κ2) is 18.8. The number of cyclic esters (lactones) is 1. The zero-order valence-corrected chi connectivity index (χ0v) is 44.4. The summed E-state index contributed by atoms with van der Waals surface area (Å²) in [6, 6.07) is 10.4. The number of likely N-dealkylation sites (tertiary alicyclic amines) is 4. The minimum atomic E-state index is -0.932. The Labute approximate surface area is 429 Å². The maximum Gasteiger partial charge on any atom is 0.324 e. The zero-order valence-electron chi connectivity index (χ0n) is 43.6. The van der Waals surface area contributed by atoms with Crippen molar-refractivity contribution in [2.75, 3.05) is 73.1 Å².